The van der Waals surface area contributed by atoms with E-state index in [4.69, 9.17) is 0 Å². The van der Waals surface area contributed by atoms with Gasteiger partial charge in [0.05, 0.1) is 9.79 Å². The van der Waals surface area contributed by atoms with E-state index in [2.05, 4.69) is 0 Å². The fraction of sp³-hybridized carbons (Fsp3) is 0.429. The van der Waals surface area contributed by atoms with Crippen LogP contribution in [0.1, 0.15) is 38.8 Å². The SMILES string of the molecule is CCN(CC)S(=O)(=O)c1ccc2c(c1)Cc1cc(S(=O)(=O)N(CC)CC)ccc1-2. The van der Waals surface area contributed by atoms with Crippen molar-refractivity contribution in [3.8, 4) is 11.1 Å². The second kappa shape index (κ2) is 8.18. The Morgan fingerprint density at radius 1 is 0.655 bits per heavy atom. The van der Waals surface area contributed by atoms with E-state index in [-0.39, 0.29) is 9.79 Å². The number of fused-ring (bicyclic) bond motifs is 3. The summed E-state index contributed by atoms with van der Waals surface area (Å²) in [5.74, 6) is 0. The van der Waals surface area contributed by atoms with Gasteiger partial charge in [-0.1, -0.05) is 39.8 Å². The molecule has 2 aromatic carbocycles. The molecule has 0 amide bonds. The lowest BCUT2D eigenvalue weighted by molar-refractivity contribution is 0.444. The minimum Gasteiger partial charge on any atom is -0.207 e. The van der Waals surface area contributed by atoms with Gasteiger partial charge < -0.3 is 0 Å². The molecule has 0 aromatic heterocycles. The molecule has 1 aliphatic carbocycles. The Hall–Kier alpha value is -1.74. The van der Waals surface area contributed by atoms with Crippen LogP contribution in [-0.2, 0) is 26.5 Å². The van der Waals surface area contributed by atoms with Gasteiger partial charge in [0.2, 0.25) is 20.0 Å². The first-order chi connectivity index (χ1) is 13.7. The van der Waals surface area contributed by atoms with Crippen molar-refractivity contribution in [3.63, 3.8) is 0 Å². The number of sulfonamides is 2. The van der Waals surface area contributed by atoms with E-state index in [1.54, 1.807) is 24.3 Å². The van der Waals surface area contributed by atoms with Crippen LogP contribution in [0, 0.1) is 0 Å². The Labute approximate surface area is 174 Å². The summed E-state index contributed by atoms with van der Waals surface area (Å²) in [5, 5.41) is 0. The van der Waals surface area contributed by atoms with Gasteiger partial charge in [0.1, 0.15) is 0 Å². The van der Waals surface area contributed by atoms with Crippen LogP contribution in [0.25, 0.3) is 11.1 Å². The summed E-state index contributed by atoms with van der Waals surface area (Å²) in [6, 6.07) is 10.4. The molecule has 0 saturated carbocycles. The second-order valence-electron chi connectivity index (χ2n) is 6.99. The van der Waals surface area contributed by atoms with Crippen LogP contribution in [-0.4, -0.2) is 51.6 Å². The van der Waals surface area contributed by atoms with Crippen LogP contribution >= 0.6 is 0 Å². The summed E-state index contributed by atoms with van der Waals surface area (Å²) in [4.78, 5) is 0.562. The molecule has 0 bridgehead atoms. The van der Waals surface area contributed by atoms with Crippen molar-refractivity contribution >= 4 is 20.0 Å². The van der Waals surface area contributed by atoms with Gasteiger partial charge >= 0.3 is 0 Å². The first kappa shape index (κ1) is 22.0. The van der Waals surface area contributed by atoms with Gasteiger partial charge in [0.25, 0.3) is 0 Å². The van der Waals surface area contributed by atoms with Crippen LogP contribution in [0.2, 0.25) is 0 Å². The minimum atomic E-state index is -3.53. The molecule has 8 heteroatoms. The average molecular weight is 437 g/mol. The van der Waals surface area contributed by atoms with Crippen LogP contribution in [0.15, 0.2) is 46.2 Å². The topological polar surface area (TPSA) is 74.8 Å². The average Bonchev–Trinajstić information content (AvgIpc) is 3.06. The molecule has 29 heavy (non-hydrogen) atoms. The van der Waals surface area contributed by atoms with E-state index in [1.165, 1.54) is 8.61 Å². The highest BCUT2D eigenvalue weighted by Crippen LogP contribution is 2.39. The van der Waals surface area contributed by atoms with Gasteiger partial charge in [0.15, 0.2) is 0 Å². The van der Waals surface area contributed by atoms with Gasteiger partial charge in [-0.15, -0.1) is 0 Å². The Bertz CT molecular complexity index is 1030. The summed E-state index contributed by atoms with van der Waals surface area (Å²) in [5.41, 5.74) is 3.74. The first-order valence-electron chi connectivity index (χ1n) is 9.97. The lowest BCUT2D eigenvalue weighted by Gasteiger charge is -2.19. The third-order valence-electron chi connectivity index (χ3n) is 5.51. The molecule has 0 heterocycles. The number of nitrogens with zero attached hydrogens (tertiary/aromatic N) is 2. The van der Waals surface area contributed by atoms with Crippen molar-refractivity contribution in [1.82, 2.24) is 8.61 Å². The Kier molecular flexibility index (Phi) is 6.19. The van der Waals surface area contributed by atoms with E-state index < -0.39 is 20.0 Å². The van der Waals surface area contributed by atoms with Crippen molar-refractivity contribution in [2.24, 2.45) is 0 Å². The highest BCUT2D eigenvalue weighted by molar-refractivity contribution is 7.89. The zero-order valence-electron chi connectivity index (χ0n) is 17.3. The monoisotopic (exact) mass is 436 g/mol. The summed E-state index contributed by atoms with van der Waals surface area (Å²) in [6.07, 6.45) is 0.522. The quantitative estimate of drug-likeness (QED) is 0.543. The molecule has 6 nitrogen and oxygen atoms in total. The fourth-order valence-corrected chi connectivity index (χ4v) is 6.93. The summed E-state index contributed by atoms with van der Waals surface area (Å²) in [7, 11) is -7.06. The molecule has 0 radical (unpaired) electrons. The third kappa shape index (κ3) is 3.74. The fourth-order valence-electron chi connectivity index (χ4n) is 3.91. The molecule has 0 aliphatic heterocycles. The zero-order chi connectivity index (χ0) is 21.4. The number of hydrogen-bond donors (Lipinski definition) is 0. The highest BCUT2D eigenvalue weighted by Gasteiger charge is 2.28. The van der Waals surface area contributed by atoms with Gasteiger partial charge in [-0.2, -0.15) is 8.61 Å². The summed E-state index contributed by atoms with van der Waals surface area (Å²) < 4.78 is 54.2. The first-order valence-corrected chi connectivity index (χ1v) is 12.8. The van der Waals surface area contributed by atoms with E-state index in [0.717, 1.165) is 22.3 Å². The van der Waals surface area contributed by atoms with Crippen LogP contribution < -0.4 is 0 Å². The maximum atomic E-state index is 12.8. The molecule has 2 aromatic rings. The minimum absolute atomic E-state index is 0.281. The lowest BCUT2D eigenvalue weighted by atomic mass is 10.1. The van der Waals surface area contributed by atoms with E-state index in [0.29, 0.717) is 32.6 Å². The van der Waals surface area contributed by atoms with Crippen molar-refractivity contribution in [1.29, 1.82) is 0 Å². The Morgan fingerprint density at radius 3 is 1.31 bits per heavy atom. The van der Waals surface area contributed by atoms with Crippen molar-refractivity contribution in [3.05, 3.63) is 47.5 Å². The van der Waals surface area contributed by atoms with Crippen LogP contribution in [0.4, 0.5) is 0 Å². The second-order valence-corrected chi connectivity index (χ2v) is 10.9. The van der Waals surface area contributed by atoms with Gasteiger partial charge in [-0.05, 0) is 52.9 Å². The predicted molar refractivity (Wildman–Crippen MR) is 115 cm³/mol. The predicted octanol–water partition coefficient (Wildman–Crippen LogP) is 3.32. The Morgan fingerprint density at radius 2 is 1.00 bits per heavy atom. The van der Waals surface area contributed by atoms with E-state index in [9.17, 15) is 16.8 Å². The Balaban J connectivity index is 2.00. The van der Waals surface area contributed by atoms with Gasteiger partial charge in [-0.25, -0.2) is 16.8 Å². The van der Waals surface area contributed by atoms with Gasteiger partial charge in [0, 0.05) is 26.2 Å². The largest absolute Gasteiger partial charge is 0.243 e. The number of rotatable bonds is 8. The molecule has 0 fully saturated rings. The zero-order valence-corrected chi connectivity index (χ0v) is 19.0. The summed E-state index contributed by atoms with van der Waals surface area (Å²) in [6.45, 7) is 8.96. The molecule has 0 saturated heterocycles. The molecule has 0 spiro atoms. The third-order valence-corrected chi connectivity index (χ3v) is 9.60. The molecule has 1 aliphatic rings. The van der Waals surface area contributed by atoms with Crippen molar-refractivity contribution < 1.29 is 16.8 Å². The van der Waals surface area contributed by atoms with E-state index >= 15 is 0 Å². The molecule has 0 unspecified atom stereocenters. The summed E-state index contributed by atoms with van der Waals surface area (Å²) >= 11 is 0. The molecule has 0 N–H and O–H groups in total. The van der Waals surface area contributed by atoms with Crippen LogP contribution in [0.3, 0.4) is 0 Å². The lowest BCUT2D eigenvalue weighted by Crippen LogP contribution is -2.30. The van der Waals surface area contributed by atoms with E-state index in [1.807, 2.05) is 39.8 Å². The molecular weight excluding hydrogens is 408 g/mol. The molecule has 0 atom stereocenters. The van der Waals surface area contributed by atoms with Crippen molar-refractivity contribution in [2.45, 2.75) is 43.9 Å². The maximum absolute atomic E-state index is 12.8. The van der Waals surface area contributed by atoms with Crippen molar-refractivity contribution in [2.75, 3.05) is 26.2 Å². The molecule has 158 valence electrons. The number of benzene rings is 2. The molecular formula is C21H28N2O4S2. The van der Waals surface area contributed by atoms with Crippen LogP contribution in [0.5, 0.6) is 0 Å². The van der Waals surface area contributed by atoms with Gasteiger partial charge in [-0.3, -0.25) is 0 Å². The molecule has 3 rings (SSSR count). The normalized spacial score (nSPS) is 13.7. The standard InChI is InChI=1S/C21H28N2O4S2/c1-5-22(6-2)28(24,25)18-9-11-20-16(14-18)13-17-15-19(10-12-21(17)20)29(26,27)23(7-3)8-4/h9-12,14-15H,5-8,13H2,1-4H3. The smallest absolute Gasteiger partial charge is 0.207 e. The highest BCUT2D eigenvalue weighted by atomic mass is 32.2. The maximum Gasteiger partial charge on any atom is 0.243 e. The number of hydrogen-bond acceptors (Lipinski definition) is 4.